The van der Waals surface area contributed by atoms with Gasteiger partial charge < -0.3 is 9.64 Å². The number of likely N-dealkylation sites (N-methyl/N-ethyl adjacent to an activating group) is 1. The number of fused-ring (bicyclic) bond motifs is 1. The fourth-order valence-corrected chi connectivity index (χ4v) is 3.53. The summed E-state index contributed by atoms with van der Waals surface area (Å²) < 4.78 is 6.78. The molecule has 0 saturated carbocycles. The van der Waals surface area contributed by atoms with Crippen molar-refractivity contribution in [1.82, 2.24) is 14.1 Å². The largest absolute Gasteiger partial charge is 0.465 e. The lowest BCUT2D eigenvalue weighted by molar-refractivity contribution is -0.119. The van der Waals surface area contributed by atoms with E-state index < -0.39 is 29.7 Å². The molecule has 0 unspecified atom stereocenters. The Morgan fingerprint density at radius 3 is 2.48 bits per heavy atom. The van der Waals surface area contributed by atoms with Gasteiger partial charge in [0.25, 0.3) is 5.56 Å². The molecule has 0 spiro atoms. The summed E-state index contributed by atoms with van der Waals surface area (Å²) >= 11 is 0. The second kappa shape index (κ2) is 8.55. The molecular formula is C22H24N4O5. The Labute approximate surface area is 178 Å². The van der Waals surface area contributed by atoms with Crippen molar-refractivity contribution in [1.29, 1.82) is 0 Å². The van der Waals surface area contributed by atoms with E-state index in [1.807, 2.05) is 32.0 Å². The van der Waals surface area contributed by atoms with Crippen molar-refractivity contribution in [2.45, 2.75) is 27.3 Å². The third-order valence-corrected chi connectivity index (χ3v) is 5.05. The number of ether oxygens (including phenoxy) is 1. The van der Waals surface area contributed by atoms with Crippen molar-refractivity contribution in [3.05, 3.63) is 68.0 Å². The number of methoxy groups -OCH3 is 1. The number of rotatable bonds is 5. The molecular weight excluding hydrogens is 400 g/mol. The number of benzene rings is 1. The van der Waals surface area contributed by atoms with E-state index in [-0.39, 0.29) is 16.6 Å². The smallest absolute Gasteiger partial charge is 0.338 e. The van der Waals surface area contributed by atoms with Crippen molar-refractivity contribution in [2.24, 2.45) is 7.05 Å². The molecule has 0 N–H and O–H groups in total. The average Bonchev–Trinajstić information content (AvgIpc) is 2.74. The van der Waals surface area contributed by atoms with Gasteiger partial charge in [-0.2, -0.15) is 0 Å². The summed E-state index contributed by atoms with van der Waals surface area (Å²) in [6.07, 6.45) is 0. The molecule has 1 aromatic carbocycles. The van der Waals surface area contributed by atoms with Crippen LogP contribution in [0.5, 0.6) is 0 Å². The average molecular weight is 424 g/mol. The topological polar surface area (TPSA) is 104 Å². The summed E-state index contributed by atoms with van der Waals surface area (Å²) in [5.41, 5.74) is 0.702. The van der Waals surface area contributed by atoms with Crippen LogP contribution in [0.2, 0.25) is 0 Å². The predicted molar refractivity (Wildman–Crippen MR) is 117 cm³/mol. The number of nitrogens with zero attached hydrogens (tertiary/aromatic N) is 4. The highest BCUT2D eigenvalue weighted by molar-refractivity contribution is 6.02. The van der Waals surface area contributed by atoms with Gasteiger partial charge in [0.1, 0.15) is 12.2 Å². The molecule has 3 rings (SSSR count). The Hall–Kier alpha value is -3.75. The normalized spacial score (nSPS) is 10.9. The van der Waals surface area contributed by atoms with E-state index in [1.54, 1.807) is 13.0 Å². The van der Waals surface area contributed by atoms with Crippen LogP contribution in [0.1, 0.15) is 28.5 Å². The van der Waals surface area contributed by atoms with Gasteiger partial charge in [-0.1, -0.05) is 12.1 Å². The fourth-order valence-electron chi connectivity index (χ4n) is 3.53. The first-order valence-electron chi connectivity index (χ1n) is 9.76. The van der Waals surface area contributed by atoms with Gasteiger partial charge in [0, 0.05) is 25.0 Å². The van der Waals surface area contributed by atoms with Crippen LogP contribution in [0.25, 0.3) is 11.0 Å². The fraction of sp³-hybridized carbons (Fsp3) is 0.318. The van der Waals surface area contributed by atoms with E-state index in [1.165, 1.54) is 25.1 Å². The van der Waals surface area contributed by atoms with Crippen LogP contribution in [-0.2, 0) is 23.1 Å². The maximum atomic E-state index is 13.2. The first-order valence-corrected chi connectivity index (χ1v) is 9.76. The summed E-state index contributed by atoms with van der Waals surface area (Å²) in [6.45, 7) is 5.25. The zero-order valence-electron chi connectivity index (χ0n) is 18.1. The maximum Gasteiger partial charge on any atom is 0.338 e. The number of hydrogen-bond acceptors (Lipinski definition) is 6. The molecule has 0 aliphatic rings. The lowest BCUT2D eigenvalue weighted by Crippen LogP contribution is -2.45. The third-order valence-electron chi connectivity index (χ3n) is 5.05. The minimum atomic E-state index is -0.764. The van der Waals surface area contributed by atoms with E-state index in [2.05, 4.69) is 4.98 Å². The van der Waals surface area contributed by atoms with Gasteiger partial charge >= 0.3 is 11.7 Å². The van der Waals surface area contributed by atoms with Gasteiger partial charge in [0.2, 0.25) is 5.91 Å². The molecule has 3 aromatic rings. The number of aryl methyl sites for hydroxylation is 3. The highest BCUT2D eigenvalue weighted by atomic mass is 16.5. The maximum absolute atomic E-state index is 13.2. The Bertz CT molecular complexity index is 1310. The molecule has 9 nitrogen and oxygen atoms in total. The number of aromatic nitrogens is 3. The van der Waals surface area contributed by atoms with Crippen molar-refractivity contribution in [2.75, 3.05) is 18.6 Å². The van der Waals surface area contributed by atoms with E-state index in [0.717, 1.165) is 14.7 Å². The summed E-state index contributed by atoms with van der Waals surface area (Å²) in [7, 11) is 2.64. The van der Waals surface area contributed by atoms with Crippen molar-refractivity contribution in [3.63, 3.8) is 0 Å². The highest BCUT2D eigenvalue weighted by Gasteiger charge is 2.23. The van der Waals surface area contributed by atoms with Gasteiger partial charge in [-0.25, -0.2) is 14.6 Å². The molecule has 0 fully saturated rings. The quantitative estimate of drug-likeness (QED) is 0.576. The SMILES string of the molecule is CCN(C(=O)Cn1c(=O)c2c(C(=O)OC)cc(C)nc2n(C)c1=O)c1cccc(C)c1. The van der Waals surface area contributed by atoms with Crippen LogP contribution >= 0.6 is 0 Å². The molecule has 0 aliphatic carbocycles. The lowest BCUT2D eigenvalue weighted by atomic mass is 10.1. The molecule has 0 aliphatic heterocycles. The summed E-state index contributed by atoms with van der Waals surface area (Å²) in [4.78, 5) is 57.2. The zero-order valence-corrected chi connectivity index (χ0v) is 18.1. The minimum absolute atomic E-state index is 0.00201. The van der Waals surface area contributed by atoms with Gasteiger partial charge in [-0.05, 0) is 44.5 Å². The zero-order chi connectivity index (χ0) is 22.9. The molecule has 0 atom stereocenters. The van der Waals surface area contributed by atoms with Crippen LogP contribution < -0.4 is 16.1 Å². The van der Waals surface area contributed by atoms with Gasteiger partial charge in [0.15, 0.2) is 0 Å². The van der Waals surface area contributed by atoms with Crippen LogP contribution in [0.15, 0.2) is 39.9 Å². The number of hydrogen-bond donors (Lipinski definition) is 0. The standard InChI is InChI=1S/C22H24N4O5/c1-6-25(15-9-7-8-13(2)10-15)17(27)12-26-20(28)18-16(21(29)31-5)11-14(3)23-19(18)24(4)22(26)30/h7-11H,6,12H2,1-5H3. The number of anilines is 1. The molecule has 0 radical (unpaired) electrons. The van der Waals surface area contributed by atoms with Gasteiger partial charge in [-0.3, -0.25) is 18.7 Å². The molecule has 1 amide bonds. The summed E-state index contributed by atoms with van der Waals surface area (Å²) in [5, 5.41) is -0.0639. The molecule has 2 heterocycles. The molecule has 31 heavy (non-hydrogen) atoms. The van der Waals surface area contributed by atoms with Crippen molar-refractivity contribution < 1.29 is 14.3 Å². The molecule has 162 valence electrons. The molecule has 2 aromatic heterocycles. The van der Waals surface area contributed by atoms with E-state index in [4.69, 9.17) is 4.74 Å². The number of esters is 1. The van der Waals surface area contributed by atoms with E-state index in [9.17, 15) is 19.2 Å². The first-order chi connectivity index (χ1) is 14.7. The van der Waals surface area contributed by atoms with Crippen LogP contribution in [0.3, 0.4) is 0 Å². The number of pyridine rings is 1. The van der Waals surface area contributed by atoms with Gasteiger partial charge in [-0.15, -0.1) is 0 Å². The monoisotopic (exact) mass is 424 g/mol. The second-order valence-corrected chi connectivity index (χ2v) is 7.21. The molecule has 0 saturated heterocycles. The predicted octanol–water partition coefficient (Wildman–Crippen LogP) is 1.55. The third kappa shape index (κ3) is 3.98. The van der Waals surface area contributed by atoms with E-state index in [0.29, 0.717) is 17.9 Å². The van der Waals surface area contributed by atoms with Crippen molar-refractivity contribution in [3.8, 4) is 0 Å². The Balaban J connectivity index is 2.17. The lowest BCUT2D eigenvalue weighted by Gasteiger charge is -2.22. The van der Waals surface area contributed by atoms with Gasteiger partial charge in [0.05, 0.1) is 18.1 Å². The Morgan fingerprint density at radius 1 is 1.16 bits per heavy atom. The Morgan fingerprint density at radius 2 is 1.87 bits per heavy atom. The van der Waals surface area contributed by atoms with E-state index >= 15 is 0 Å². The van der Waals surface area contributed by atoms with Crippen LogP contribution in [0.4, 0.5) is 5.69 Å². The highest BCUT2D eigenvalue weighted by Crippen LogP contribution is 2.17. The number of amides is 1. The number of carbonyl (C=O) groups is 2. The first kappa shape index (κ1) is 21.9. The molecule has 9 heteroatoms. The van der Waals surface area contributed by atoms with Crippen LogP contribution in [-0.4, -0.2) is 39.6 Å². The summed E-state index contributed by atoms with van der Waals surface area (Å²) in [5.74, 6) is -1.15. The molecule has 0 bridgehead atoms. The van der Waals surface area contributed by atoms with Crippen molar-refractivity contribution >= 4 is 28.6 Å². The Kier molecular flexibility index (Phi) is 6.05. The minimum Gasteiger partial charge on any atom is -0.465 e. The van der Waals surface area contributed by atoms with Crippen LogP contribution in [0, 0.1) is 13.8 Å². The second-order valence-electron chi connectivity index (χ2n) is 7.21. The number of carbonyl (C=O) groups excluding carboxylic acids is 2. The summed E-state index contributed by atoms with van der Waals surface area (Å²) in [6, 6.07) is 8.81.